The topological polar surface area (TPSA) is 66.4 Å². The fourth-order valence-electron chi connectivity index (χ4n) is 2.77. The molecule has 0 amide bonds. The zero-order valence-corrected chi connectivity index (χ0v) is 13.9. The van der Waals surface area contributed by atoms with Crippen LogP contribution in [0.25, 0.3) is 0 Å². The molecule has 2 atom stereocenters. The molecule has 1 aromatic rings. The van der Waals surface area contributed by atoms with Gasteiger partial charge < -0.3 is 5.11 Å². The quantitative estimate of drug-likeness (QED) is 0.854. The van der Waals surface area contributed by atoms with E-state index in [0.29, 0.717) is 18.9 Å². The molecule has 1 aromatic carbocycles. The summed E-state index contributed by atoms with van der Waals surface area (Å²) in [6.45, 7) is 1.55. The third-order valence-electron chi connectivity index (χ3n) is 4.29. The number of rotatable bonds is 4. The van der Waals surface area contributed by atoms with E-state index >= 15 is 0 Å². The minimum absolute atomic E-state index is 0.200. The van der Waals surface area contributed by atoms with Gasteiger partial charge in [0.1, 0.15) is 0 Å². The SMILES string of the molecule is C[C@]1(CO)CCC[C@H]1NS(=O)(=O)c1ccc(Cl)c(C(F)(F)F)c1. The Kier molecular flexibility index (Phi) is 5.02. The lowest BCUT2D eigenvalue weighted by molar-refractivity contribution is -0.137. The molecule has 1 aliphatic rings. The molecule has 0 aromatic heterocycles. The fraction of sp³-hybridized carbons (Fsp3) is 0.571. The van der Waals surface area contributed by atoms with Crippen molar-refractivity contribution in [3.8, 4) is 0 Å². The predicted octanol–water partition coefficient (Wildman–Crippen LogP) is 3.19. The molecule has 0 unspecified atom stereocenters. The Morgan fingerprint density at radius 3 is 2.65 bits per heavy atom. The monoisotopic (exact) mass is 371 g/mol. The highest BCUT2D eigenvalue weighted by Gasteiger charge is 2.41. The number of aliphatic hydroxyl groups excluding tert-OH is 1. The van der Waals surface area contributed by atoms with Crippen molar-refractivity contribution in [3.05, 3.63) is 28.8 Å². The first-order valence-electron chi connectivity index (χ1n) is 6.99. The number of aliphatic hydroxyl groups is 1. The van der Waals surface area contributed by atoms with Crippen LogP contribution < -0.4 is 4.72 Å². The Hall–Kier alpha value is -0.830. The number of benzene rings is 1. The van der Waals surface area contributed by atoms with Crippen molar-refractivity contribution in [2.45, 2.75) is 43.3 Å². The molecule has 1 fully saturated rings. The number of alkyl halides is 3. The summed E-state index contributed by atoms with van der Waals surface area (Å²) in [5.74, 6) is 0. The van der Waals surface area contributed by atoms with Crippen LogP contribution in [0.2, 0.25) is 5.02 Å². The van der Waals surface area contributed by atoms with Crippen LogP contribution in [-0.2, 0) is 16.2 Å². The van der Waals surface area contributed by atoms with Crippen molar-refractivity contribution >= 4 is 21.6 Å². The number of halogens is 4. The van der Waals surface area contributed by atoms with E-state index in [0.717, 1.165) is 18.6 Å². The Bertz CT molecular complexity index is 693. The summed E-state index contributed by atoms with van der Waals surface area (Å²) >= 11 is 5.50. The largest absolute Gasteiger partial charge is 0.417 e. The number of hydrogen-bond donors (Lipinski definition) is 2. The van der Waals surface area contributed by atoms with Crippen molar-refractivity contribution in [1.82, 2.24) is 4.72 Å². The minimum atomic E-state index is -4.74. The predicted molar refractivity (Wildman–Crippen MR) is 79.6 cm³/mol. The summed E-state index contributed by atoms with van der Waals surface area (Å²) in [6.07, 6.45) is -2.84. The van der Waals surface area contributed by atoms with Gasteiger partial charge in [-0.3, -0.25) is 0 Å². The molecule has 130 valence electrons. The molecule has 9 heteroatoms. The van der Waals surface area contributed by atoms with E-state index in [-0.39, 0.29) is 6.61 Å². The van der Waals surface area contributed by atoms with Crippen molar-refractivity contribution < 1.29 is 26.7 Å². The van der Waals surface area contributed by atoms with E-state index in [1.54, 1.807) is 6.92 Å². The molecule has 4 nitrogen and oxygen atoms in total. The van der Waals surface area contributed by atoms with Crippen LogP contribution in [0.4, 0.5) is 13.2 Å². The van der Waals surface area contributed by atoms with Crippen molar-refractivity contribution in [2.75, 3.05) is 6.61 Å². The zero-order valence-electron chi connectivity index (χ0n) is 12.3. The van der Waals surface area contributed by atoms with Crippen molar-refractivity contribution in [1.29, 1.82) is 0 Å². The van der Waals surface area contributed by atoms with Gasteiger partial charge in [-0.15, -0.1) is 0 Å². The third kappa shape index (κ3) is 3.81. The number of nitrogens with one attached hydrogen (secondary N) is 1. The molecule has 2 N–H and O–H groups in total. The van der Waals surface area contributed by atoms with Gasteiger partial charge in [-0.05, 0) is 31.0 Å². The van der Waals surface area contributed by atoms with E-state index in [1.807, 2.05) is 0 Å². The lowest BCUT2D eigenvalue weighted by Crippen LogP contribution is -2.44. The van der Waals surface area contributed by atoms with E-state index in [1.165, 1.54) is 0 Å². The van der Waals surface area contributed by atoms with Crippen LogP contribution in [0.15, 0.2) is 23.1 Å². The normalized spacial score (nSPS) is 25.7. The lowest BCUT2D eigenvalue weighted by atomic mass is 9.86. The van der Waals surface area contributed by atoms with Gasteiger partial charge in [0.15, 0.2) is 0 Å². The van der Waals surface area contributed by atoms with Crippen LogP contribution in [0, 0.1) is 5.41 Å². The lowest BCUT2D eigenvalue weighted by Gasteiger charge is -2.29. The highest BCUT2D eigenvalue weighted by molar-refractivity contribution is 7.89. The van der Waals surface area contributed by atoms with Crippen LogP contribution >= 0.6 is 11.6 Å². The molecular formula is C14H17ClF3NO3S. The molecule has 0 radical (unpaired) electrons. The van der Waals surface area contributed by atoms with E-state index in [9.17, 15) is 26.7 Å². The summed E-state index contributed by atoms with van der Waals surface area (Å²) in [5.41, 5.74) is -1.81. The van der Waals surface area contributed by atoms with E-state index < -0.39 is 43.1 Å². The number of sulfonamides is 1. The second kappa shape index (κ2) is 6.23. The molecule has 1 aliphatic carbocycles. The van der Waals surface area contributed by atoms with Gasteiger partial charge in [-0.1, -0.05) is 24.9 Å². The summed E-state index contributed by atoms with van der Waals surface area (Å²) in [6, 6.07) is 1.95. The average molecular weight is 372 g/mol. The van der Waals surface area contributed by atoms with Gasteiger partial charge in [0.05, 0.1) is 15.5 Å². The second-order valence-electron chi connectivity index (χ2n) is 6.02. The van der Waals surface area contributed by atoms with Gasteiger partial charge >= 0.3 is 6.18 Å². The minimum Gasteiger partial charge on any atom is -0.396 e. The maximum absolute atomic E-state index is 12.9. The highest BCUT2D eigenvalue weighted by Crippen LogP contribution is 2.39. The zero-order chi connectivity index (χ0) is 17.5. The third-order valence-corrected chi connectivity index (χ3v) is 6.09. The molecule has 0 bridgehead atoms. The van der Waals surface area contributed by atoms with Crippen LogP contribution in [-0.4, -0.2) is 26.2 Å². The first-order chi connectivity index (χ1) is 10.5. The van der Waals surface area contributed by atoms with Crippen LogP contribution in [0.3, 0.4) is 0 Å². The Morgan fingerprint density at radius 2 is 2.09 bits per heavy atom. The average Bonchev–Trinajstić information content (AvgIpc) is 2.79. The number of hydrogen-bond acceptors (Lipinski definition) is 3. The molecule has 0 spiro atoms. The fourth-order valence-corrected chi connectivity index (χ4v) is 4.43. The highest BCUT2D eigenvalue weighted by atomic mass is 35.5. The van der Waals surface area contributed by atoms with Gasteiger partial charge in [0, 0.05) is 18.1 Å². The summed E-state index contributed by atoms with van der Waals surface area (Å²) in [4.78, 5) is -0.499. The van der Waals surface area contributed by atoms with Gasteiger partial charge in [-0.25, -0.2) is 13.1 Å². The molecule has 2 rings (SSSR count). The Labute approximate surface area is 137 Å². The van der Waals surface area contributed by atoms with Crippen molar-refractivity contribution in [2.24, 2.45) is 5.41 Å². The molecular weight excluding hydrogens is 355 g/mol. The second-order valence-corrected chi connectivity index (χ2v) is 8.14. The van der Waals surface area contributed by atoms with Gasteiger partial charge in [0.25, 0.3) is 0 Å². The molecule has 23 heavy (non-hydrogen) atoms. The first-order valence-corrected chi connectivity index (χ1v) is 8.86. The van der Waals surface area contributed by atoms with Crippen LogP contribution in [0.5, 0.6) is 0 Å². The Morgan fingerprint density at radius 1 is 1.43 bits per heavy atom. The van der Waals surface area contributed by atoms with Gasteiger partial charge in [-0.2, -0.15) is 13.2 Å². The molecule has 1 saturated carbocycles. The molecule has 0 aliphatic heterocycles. The maximum Gasteiger partial charge on any atom is 0.417 e. The van der Waals surface area contributed by atoms with E-state index in [2.05, 4.69) is 4.72 Å². The molecule has 0 saturated heterocycles. The van der Waals surface area contributed by atoms with Crippen molar-refractivity contribution in [3.63, 3.8) is 0 Å². The van der Waals surface area contributed by atoms with Gasteiger partial charge in [0.2, 0.25) is 10.0 Å². The summed E-state index contributed by atoms with van der Waals surface area (Å²) < 4.78 is 65.8. The van der Waals surface area contributed by atoms with Crippen LogP contribution in [0.1, 0.15) is 31.7 Å². The summed E-state index contributed by atoms with van der Waals surface area (Å²) in [7, 11) is -4.14. The van der Waals surface area contributed by atoms with E-state index in [4.69, 9.17) is 11.6 Å². The Balaban J connectivity index is 2.34. The summed E-state index contributed by atoms with van der Waals surface area (Å²) in [5, 5.41) is 8.89. The maximum atomic E-state index is 12.9. The molecule has 0 heterocycles. The standard InChI is InChI=1S/C14H17ClF3NO3S/c1-13(8-20)6-2-3-12(13)19-23(21,22)9-4-5-11(15)10(7-9)14(16,17)18/h4-5,7,12,19-20H,2-3,6,8H2,1H3/t12-,13-/m1/s1. The first kappa shape index (κ1) is 18.5. The smallest absolute Gasteiger partial charge is 0.396 e.